The molecule has 0 aliphatic rings. The number of benzene rings is 1. The number of amides is 2. The van der Waals surface area contributed by atoms with E-state index in [0.717, 1.165) is 16.9 Å². The van der Waals surface area contributed by atoms with Gasteiger partial charge in [0.05, 0.1) is 12.3 Å². The maximum atomic E-state index is 11.8. The van der Waals surface area contributed by atoms with Gasteiger partial charge in [0.25, 0.3) is 5.91 Å². The molecule has 134 valence electrons. The van der Waals surface area contributed by atoms with Crippen LogP contribution in [0.15, 0.2) is 35.7 Å². The maximum Gasteiger partial charge on any atom is 0.413 e. The fourth-order valence-corrected chi connectivity index (χ4v) is 2.63. The second-order valence-electron chi connectivity index (χ2n) is 6.28. The van der Waals surface area contributed by atoms with Crippen LogP contribution < -0.4 is 11.1 Å². The van der Waals surface area contributed by atoms with Crippen molar-refractivity contribution >= 4 is 28.5 Å². The van der Waals surface area contributed by atoms with Gasteiger partial charge in [-0.2, -0.15) is 0 Å². The summed E-state index contributed by atoms with van der Waals surface area (Å²) in [5, 5.41) is 4.45. The summed E-state index contributed by atoms with van der Waals surface area (Å²) in [6.07, 6.45) is -1.61. The van der Waals surface area contributed by atoms with Crippen molar-refractivity contribution in [2.45, 2.75) is 39.1 Å². The summed E-state index contributed by atoms with van der Waals surface area (Å²) < 4.78 is 10.8. The molecule has 8 heteroatoms. The average Bonchev–Trinajstić information content (AvgIpc) is 2.94. The Morgan fingerprint density at radius 3 is 2.56 bits per heavy atom. The van der Waals surface area contributed by atoms with Crippen LogP contribution in [-0.2, 0) is 20.9 Å². The van der Waals surface area contributed by atoms with E-state index >= 15 is 0 Å². The van der Waals surface area contributed by atoms with Crippen LogP contribution in [0.3, 0.4) is 0 Å². The van der Waals surface area contributed by atoms with Gasteiger partial charge >= 0.3 is 6.09 Å². The molecule has 2 amide bonds. The lowest BCUT2D eigenvalue weighted by molar-refractivity contribution is -0.131. The summed E-state index contributed by atoms with van der Waals surface area (Å²) in [7, 11) is 0. The quantitative estimate of drug-likeness (QED) is 0.820. The third-order valence-corrected chi connectivity index (χ3v) is 3.69. The Morgan fingerprint density at radius 1 is 1.28 bits per heavy atom. The monoisotopic (exact) mass is 363 g/mol. The van der Waals surface area contributed by atoms with Crippen LogP contribution in [0.4, 0.5) is 9.93 Å². The van der Waals surface area contributed by atoms with Crippen LogP contribution in [0.2, 0.25) is 0 Å². The normalized spacial score (nSPS) is 12.4. The minimum absolute atomic E-state index is 0.223. The Kier molecular flexibility index (Phi) is 6.11. The first-order valence-electron chi connectivity index (χ1n) is 7.65. The molecule has 0 aliphatic carbocycles. The number of carbonyl (C=O) groups excluding carboxylic acids is 2. The first kappa shape index (κ1) is 18.9. The molecule has 0 radical (unpaired) electrons. The minimum Gasteiger partial charge on any atom is -0.444 e. The zero-order valence-corrected chi connectivity index (χ0v) is 15.1. The van der Waals surface area contributed by atoms with Gasteiger partial charge < -0.3 is 15.2 Å². The molecule has 1 atom stereocenters. The fraction of sp³-hybridized carbons (Fsp3) is 0.353. The van der Waals surface area contributed by atoms with Gasteiger partial charge in [0.2, 0.25) is 0 Å². The number of nitrogens with one attached hydrogen (secondary N) is 1. The average molecular weight is 363 g/mol. The number of nitrogens with two attached hydrogens (primary N) is 1. The van der Waals surface area contributed by atoms with Crippen LogP contribution in [0.5, 0.6) is 0 Å². The van der Waals surface area contributed by atoms with E-state index in [1.54, 1.807) is 26.2 Å². The molecule has 0 spiro atoms. The number of primary amides is 1. The summed E-state index contributed by atoms with van der Waals surface area (Å²) in [6, 6.07) is 9.42. The molecule has 2 aromatic rings. The molecular weight excluding hydrogens is 342 g/mol. The highest BCUT2D eigenvalue weighted by atomic mass is 32.1. The maximum absolute atomic E-state index is 11.8. The van der Waals surface area contributed by atoms with Crippen molar-refractivity contribution in [3.05, 3.63) is 47.0 Å². The van der Waals surface area contributed by atoms with Gasteiger partial charge in [-0.3, -0.25) is 10.1 Å². The van der Waals surface area contributed by atoms with E-state index < -0.39 is 23.7 Å². The highest BCUT2D eigenvalue weighted by Crippen LogP contribution is 2.24. The molecule has 0 fully saturated rings. The van der Waals surface area contributed by atoms with E-state index in [4.69, 9.17) is 15.2 Å². The molecule has 1 aromatic carbocycles. The predicted molar refractivity (Wildman–Crippen MR) is 95.1 cm³/mol. The van der Waals surface area contributed by atoms with Crippen molar-refractivity contribution in [1.82, 2.24) is 4.98 Å². The second-order valence-corrected chi connectivity index (χ2v) is 7.14. The third-order valence-electron chi connectivity index (χ3n) is 2.92. The van der Waals surface area contributed by atoms with E-state index in [9.17, 15) is 9.59 Å². The van der Waals surface area contributed by atoms with Gasteiger partial charge in [0, 0.05) is 5.38 Å². The Bertz CT molecular complexity index is 725. The standard InChI is InChI=1S/C17H21N3O4S/c1-17(2,3)24-16(22)20-15-19-12(10-25-15)13(14(18)21)23-9-11-7-5-4-6-8-11/h4-8,10,13H,9H2,1-3H3,(H2,18,21)(H,19,20,22). The van der Waals surface area contributed by atoms with Crippen molar-refractivity contribution < 1.29 is 19.1 Å². The Hall–Kier alpha value is -2.45. The fourth-order valence-electron chi connectivity index (χ4n) is 1.92. The van der Waals surface area contributed by atoms with E-state index in [-0.39, 0.29) is 6.61 Å². The van der Waals surface area contributed by atoms with Crippen molar-refractivity contribution in [3.8, 4) is 0 Å². The summed E-state index contributed by atoms with van der Waals surface area (Å²) in [4.78, 5) is 27.6. The number of ether oxygens (including phenoxy) is 2. The Morgan fingerprint density at radius 2 is 1.96 bits per heavy atom. The molecular formula is C17H21N3O4S. The molecule has 25 heavy (non-hydrogen) atoms. The zero-order chi connectivity index (χ0) is 18.4. The van der Waals surface area contributed by atoms with Gasteiger partial charge in [-0.1, -0.05) is 30.3 Å². The minimum atomic E-state index is -0.995. The number of rotatable bonds is 6. The van der Waals surface area contributed by atoms with E-state index in [1.165, 1.54) is 0 Å². The van der Waals surface area contributed by atoms with E-state index in [2.05, 4.69) is 10.3 Å². The molecule has 0 aliphatic heterocycles. The predicted octanol–water partition coefficient (Wildman–Crippen LogP) is 3.23. The SMILES string of the molecule is CC(C)(C)OC(=O)Nc1nc(C(OCc2ccccc2)C(N)=O)cs1. The van der Waals surface area contributed by atoms with E-state index in [0.29, 0.717) is 10.8 Å². The van der Waals surface area contributed by atoms with Crippen molar-refractivity contribution in [2.24, 2.45) is 5.73 Å². The Balaban J connectivity index is 2.01. The topological polar surface area (TPSA) is 104 Å². The first-order valence-corrected chi connectivity index (χ1v) is 8.53. The summed E-state index contributed by atoms with van der Waals surface area (Å²) in [5.74, 6) is -0.648. The van der Waals surface area contributed by atoms with Crippen molar-refractivity contribution in [1.29, 1.82) is 0 Å². The molecule has 7 nitrogen and oxygen atoms in total. The molecule has 2 rings (SSSR count). The number of thiazole rings is 1. The van der Waals surface area contributed by atoms with Gasteiger partial charge in [-0.05, 0) is 26.3 Å². The molecule has 0 saturated heterocycles. The Labute approximate surface area is 150 Å². The van der Waals surface area contributed by atoms with Crippen molar-refractivity contribution in [2.75, 3.05) is 5.32 Å². The van der Waals surface area contributed by atoms with Gasteiger partial charge in [0.1, 0.15) is 5.60 Å². The summed E-state index contributed by atoms with van der Waals surface area (Å²) >= 11 is 1.16. The molecule has 0 saturated carbocycles. The first-order chi connectivity index (χ1) is 11.7. The molecule has 1 aromatic heterocycles. The van der Waals surface area contributed by atoms with Crippen molar-refractivity contribution in [3.63, 3.8) is 0 Å². The lowest BCUT2D eigenvalue weighted by Gasteiger charge is -2.19. The molecule has 0 bridgehead atoms. The van der Waals surface area contributed by atoms with Gasteiger partial charge in [0.15, 0.2) is 11.2 Å². The number of hydrogen-bond acceptors (Lipinski definition) is 6. The molecule has 1 heterocycles. The molecule has 1 unspecified atom stereocenters. The number of nitrogens with zero attached hydrogens (tertiary/aromatic N) is 1. The summed E-state index contributed by atoms with van der Waals surface area (Å²) in [6.45, 7) is 5.52. The number of hydrogen-bond donors (Lipinski definition) is 2. The zero-order valence-electron chi connectivity index (χ0n) is 14.3. The van der Waals surface area contributed by atoms with E-state index in [1.807, 2.05) is 30.3 Å². The summed E-state index contributed by atoms with van der Waals surface area (Å²) in [5.41, 5.74) is 6.06. The number of anilines is 1. The third kappa shape index (κ3) is 6.17. The number of aromatic nitrogens is 1. The lowest BCUT2D eigenvalue weighted by Crippen LogP contribution is -2.27. The second kappa shape index (κ2) is 8.09. The highest BCUT2D eigenvalue weighted by Gasteiger charge is 2.23. The van der Waals surface area contributed by atoms with Crippen LogP contribution >= 0.6 is 11.3 Å². The largest absolute Gasteiger partial charge is 0.444 e. The lowest BCUT2D eigenvalue weighted by atomic mass is 10.2. The number of carbonyl (C=O) groups is 2. The molecule has 3 N–H and O–H groups in total. The highest BCUT2D eigenvalue weighted by molar-refractivity contribution is 7.13. The van der Waals surface area contributed by atoms with Crippen LogP contribution in [0.1, 0.15) is 38.1 Å². The smallest absolute Gasteiger partial charge is 0.413 e. The van der Waals surface area contributed by atoms with Crippen LogP contribution in [-0.4, -0.2) is 22.6 Å². The van der Waals surface area contributed by atoms with Crippen LogP contribution in [0.25, 0.3) is 0 Å². The van der Waals surface area contributed by atoms with Crippen LogP contribution in [0, 0.1) is 0 Å². The van der Waals surface area contributed by atoms with Gasteiger partial charge in [-0.25, -0.2) is 9.78 Å². The van der Waals surface area contributed by atoms with Gasteiger partial charge in [-0.15, -0.1) is 11.3 Å².